The van der Waals surface area contributed by atoms with Crippen LogP contribution in [-0.4, -0.2) is 37.4 Å². The lowest BCUT2D eigenvalue weighted by Crippen LogP contribution is -2.28. The number of nitrogens with one attached hydrogen (secondary N) is 1. The Morgan fingerprint density at radius 3 is 2.43 bits per heavy atom. The molecule has 1 saturated heterocycles. The Hall–Kier alpha value is -0.850. The number of aromatic nitrogens is 1. The van der Waals surface area contributed by atoms with Crippen molar-refractivity contribution >= 4 is 10.0 Å². The number of sulfonamides is 1. The van der Waals surface area contributed by atoms with Gasteiger partial charge in [-0.25, -0.2) is 8.42 Å². The van der Waals surface area contributed by atoms with Gasteiger partial charge in [-0.15, -0.1) is 0 Å². The summed E-state index contributed by atoms with van der Waals surface area (Å²) in [5.41, 5.74) is 1.03. The number of aryl methyl sites for hydroxylation is 1. The van der Waals surface area contributed by atoms with Crippen LogP contribution < -0.4 is 5.32 Å². The van der Waals surface area contributed by atoms with Crippen molar-refractivity contribution < 1.29 is 8.42 Å². The molecule has 1 N–H and O–H groups in total. The fourth-order valence-electron chi connectivity index (χ4n) is 2.87. The molecule has 2 rings (SSSR count). The van der Waals surface area contributed by atoms with Crippen LogP contribution in [0.3, 0.4) is 0 Å². The summed E-state index contributed by atoms with van der Waals surface area (Å²) in [4.78, 5) is 0.433. The van der Waals surface area contributed by atoms with Crippen molar-refractivity contribution in [2.45, 2.75) is 45.2 Å². The lowest BCUT2D eigenvalue weighted by Gasteiger charge is -2.14. The molecule has 2 atom stereocenters. The third-order valence-corrected chi connectivity index (χ3v) is 6.17. The molecule has 1 aromatic rings. The van der Waals surface area contributed by atoms with E-state index in [1.807, 2.05) is 17.7 Å². The van der Waals surface area contributed by atoms with Crippen LogP contribution >= 0.6 is 0 Å². The minimum atomic E-state index is -3.36. The standard InChI is InChI=1S/C15H27N3O2S/c1-5-6-17-11-15(7-14(17)8-16-4)21(19,20)18-9-12(2)13(3)10-18/h7,11-13,16H,5-6,8-10H2,1-4H3. The summed E-state index contributed by atoms with van der Waals surface area (Å²) in [5, 5.41) is 3.10. The predicted octanol–water partition coefficient (Wildman–Crippen LogP) is 1.89. The van der Waals surface area contributed by atoms with Gasteiger partial charge in [-0.3, -0.25) is 0 Å². The molecule has 5 nitrogen and oxygen atoms in total. The van der Waals surface area contributed by atoms with Gasteiger partial charge in [-0.2, -0.15) is 4.31 Å². The Labute approximate surface area is 128 Å². The first-order valence-electron chi connectivity index (χ1n) is 7.74. The zero-order valence-electron chi connectivity index (χ0n) is 13.5. The van der Waals surface area contributed by atoms with E-state index in [1.165, 1.54) is 0 Å². The SMILES string of the molecule is CCCn1cc(S(=O)(=O)N2CC(C)C(C)C2)cc1CNC. The summed E-state index contributed by atoms with van der Waals surface area (Å²) in [6.07, 6.45) is 2.78. The lowest BCUT2D eigenvalue weighted by molar-refractivity contribution is 0.463. The van der Waals surface area contributed by atoms with Gasteiger partial charge < -0.3 is 9.88 Å². The van der Waals surface area contributed by atoms with Crippen LogP contribution in [-0.2, 0) is 23.1 Å². The Kier molecular flexibility index (Phi) is 5.11. The normalized spacial score (nSPS) is 23.8. The molecule has 1 aliphatic heterocycles. The predicted molar refractivity (Wildman–Crippen MR) is 84.6 cm³/mol. The molecule has 0 spiro atoms. The third kappa shape index (κ3) is 3.33. The number of rotatable bonds is 6. The van der Waals surface area contributed by atoms with Gasteiger partial charge in [0.25, 0.3) is 0 Å². The highest BCUT2D eigenvalue weighted by Gasteiger charge is 2.35. The van der Waals surface area contributed by atoms with Gasteiger partial charge in [0, 0.05) is 38.1 Å². The van der Waals surface area contributed by atoms with E-state index < -0.39 is 10.0 Å². The van der Waals surface area contributed by atoms with Gasteiger partial charge >= 0.3 is 0 Å². The zero-order valence-corrected chi connectivity index (χ0v) is 14.3. The fourth-order valence-corrected chi connectivity index (χ4v) is 4.57. The number of nitrogens with zero attached hydrogens (tertiary/aromatic N) is 2. The molecule has 1 aliphatic rings. The Bertz CT molecular complexity index is 546. The zero-order chi connectivity index (χ0) is 15.6. The highest BCUT2D eigenvalue weighted by molar-refractivity contribution is 7.89. The van der Waals surface area contributed by atoms with E-state index in [-0.39, 0.29) is 0 Å². The van der Waals surface area contributed by atoms with Crippen LogP contribution in [0, 0.1) is 11.8 Å². The summed E-state index contributed by atoms with van der Waals surface area (Å²) >= 11 is 0. The summed E-state index contributed by atoms with van der Waals surface area (Å²) in [6.45, 7) is 9.13. The van der Waals surface area contributed by atoms with Gasteiger partial charge in [0.15, 0.2) is 0 Å². The molecule has 0 radical (unpaired) electrons. The van der Waals surface area contributed by atoms with E-state index in [9.17, 15) is 8.42 Å². The van der Waals surface area contributed by atoms with Gasteiger partial charge in [-0.1, -0.05) is 20.8 Å². The molecule has 1 aromatic heterocycles. The van der Waals surface area contributed by atoms with Crippen LogP contribution in [0.1, 0.15) is 32.9 Å². The fraction of sp³-hybridized carbons (Fsp3) is 0.733. The summed E-state index contributed by atoms with van der Waals surface area (Å²) < 4.78 is 29.3. The largest absolute Gasteiger partial charge is 0.349 e. The summed E-state index contributed by atoms with van der Waals surface area (Å²) in [6, 6.07) is 1.81. The molecule has 0 amide bonds. The van der Waals surface area contributed by atoms with Crippen LogP contribution in [0.5, 0.6) is 0 Å². The molecule has 0 aliphatic carbocycles. The molecule has 0 bridgehead atoms. The summed E-state index contributed by atoms with van der Waals surface area (Å²) in [5.74, 6) is 0.851. The van der Waals surface area contributed by atoms with Crippen molar-refractivity contribution in [1.29, 1.82) is 0 Å². The van der Waals surface area contributed by atoms with Gasteiger partial charge in [0.05, 0.1) is 0 Å². The van der Waals surface area contributed by atoms with Crippen molar-refractivity contribution in [3.05, 3.63) is 18.0 Å². The van der Waals surface area contributed by atoms with Crippen molar-refractivity contribution in [3.63, 3.8) is 0 Å². The maximum Gasteiger partial charge on any atom is 0.244 e. The second-order valence-electron chi connectivity index (χ2n) is 6.17. The molecule has 2 heterocycles. The minimum Gasteiger partial charge on any atom is -0.349 e. The van der Waals surface area contributed by atoms with Crippen molar-refractivity contribution in [3.8, 4) is 0 Å². The first-order chi connectivity index (χ1) is 9.90. The molecule has 0 saturated carbocycles. The second kappa shape index (κ2) is 6.50. The highest BCUT2D eigenvalue weighted by atomic mass is 32.2. The monoisotopic (exact) mass is 313 g/mol. The molecular formula is C15H27N3O2S. The molecule has 1 fully saturated rings. The Morgan fingerprint density at radius 1 is 1.29 bits per heavy atom. The molecule has 21 heavy (non-hydrogen) atoms. The minimum absolute atomic E-state index is 0.425. The van der Waals surface area contributed by atoms with Crippen molar-refractivity contribution in [2.75, 3.05) is 20.1 Å². The van der Waals surface area contributed by atoms with Crippen LogP contribution in [0.4, 0.5) is 0 Å². The molecule has 2 unspecified atom stereocenters. The lowest BCUT2D eigenvalue weighted by atomic mass is 10.0. The van der Waals surface area contributed by atoms with E-state index in [1.54, 1.807) is 10.5 Å². The quantitative estimate of drug-likeness (QED) is 0.872. The smallest absolute Gasteiger partial charge is 0.244 e. The van der Waals surface area contributed by atoms with Crippen LogP contribution in [0.2, 0.25) is 0 Å². The van der Waals surface area contributed by atoms with Gasteiger partial charge in [-0.05, 0) is 31.4 Å². The van der Waals surface area contributed by atoms with E-state index in [0.29, 0.717) is 36.4 Å². The molecule has 6 heteroatoms. The Balaban J connectivity index is 2.30. The highest BCUT2D eigenvalue weighted by Crippen LogP contribution is 2.28. The van der Waals surface area contributed by atoms with Gasteiger partial charge in [0.2, 0.25) is 10.0 Å². The van der Waals surface area contributed by atoms with E-state index in [4.69, 9.17) is 0 Å². The number of hydrogen-bond donors (Lipinski definition) is 1. The Morgan fingerprint density at radius 2 is 1.90 bits per heavy atom. The van der Waals surface area contributed by atoms with Crippen molar-refractivity contribution in [2.24, 2.45) is 11.8 Å². The summed E-state index contributed by atoms with van der Waals surface area (Å²) in [7, 11) is -1.48. The molecule has 120 valence electrons. The number of hydrogen-bond acceptors (Lipinski definition) is 3. The van der Waals surface area contributed by atoms with E-state index in [2.05, 4.69) is 26.1 Å². The molecular weight excluding hydrogens is 286 g/mol. The van der Waals surface area contributed by atoms with E-state index in [0.717, 1.165) is 18.7 Å². The van der Waals surface area contributed by atoms with Crippen LogP contribution in [0.15, 0.2) is 17.2 Å². The first kappa shape index (κ1) is 16.5. The third-order valence-electron chi connectivity index (χ3n) is 4.38. The average molecular weight is 313 g/mol. The van der Waals surface area contributed by atoms with Gasteiger partial charge in [0.1, 0.15) is 4.90 Å². The maximum atomic E-state index is 12.8. The topological polar surface area (TPSA) is 54.3 Å². The maximum absolute atomic E-state index is 12.8. The average Bonchev–Trinajstić information content (AvgIpc) is 2.97. The molecule has 0 aromatic carbocycles. The second-order valence-corrected chi connectivity index (χ2v) is 8.11. The van der Waals surface area contributed by atoms with E-state index >= 15 is 0 Å². The van der Waals surface area contributed by atoms with Crippen molar-refractivity contribution in [1.82, 2.24) is 14.2 Å². The first-order valence-corrected chi connectivity index (χ1v) is 9.18. The van der Waals surface area contributed by atoms with Crippen LogP contribution in [0.25, 0.3) is 0 Å².